The molecule has 1 fully saturated rings. The fraction of sp³-hybridized carbons (Fsp3) is 0.784. The van der Waals surface area contributed by atoms with Gasteiger partial charge in [0.15, 0.2) is 0 Å². The fourth-order valence-corrected chi connectivity index (χ4v) is 6.20. The van der Waals surface area contributed by atoms with Gasteiger partial charge in [0.05, 0.1) is 24.9 Å². The van der Waals surface area contributed by atoms with Gasteiger partial charge in [-0.3, -0.25) is 9.69 Å². The molecule has 0 aliphatic carbocycles. The maximum atomic E-state index is 13.7. The summed E-state index contributed by atoms with van der Waals surface area (Å²) in [6, 6.07) is 5.49. The summed E-state index contributed by atoms with van der Waals surface area (Å²) < 4.78 is 23.7. The minimum atomic E-state index is -0.988. The van der Waals surface area contributed by atoms with Crippen LogP contribution in [0.25, 0.3) is 0 Å². The summed E-state index contributed by atoms with van der Waals surface area (Å²) in [5.41, 5.74) is -0.366. The largest absolute Gasteiger partial charge is 0.493 e. The van der Waals surface area contributed by atoms with Gasteiger partial charge in [0.2, 0.25) is 5.91 Å². The summed E-state index contributed by atoms with van der Waals surface area (Å²) in [6.07, 6.45) is 3.01. The van der Waals surface area contributed by atoms with Crippen molar-refractivity contribution in [3.8, 4) is 5.75 Å². The number of hydrogen-bond acceptors (Lipinski definition) is 7. The van der Waals surface area contributed by atoms with Crippen LogP contribution in [0.15, 0.2) is 18.2 Å². The van der Waals surface area contributed by atoms with E-state index in [-0.39, 0.29) is 24.3 Å². The normalized spacial score (nSPS) is 19.7. The Kier molecular flexibility index (Phi) is 14.9. The number of aliphatic hydroxyl groups is 1. The van der Waals surface area contributed by atoms with E-state index in [9.17, 15) is 14.7 Å². The third kappa shape index (κ3) is 11.1. The van der Waals surface area contributed by atoms with Crippen LogP contribution in [0, 0.1) is 17.3 Å². The molecule has 0 radical (unpaired) electrons. The number of carbonyl (C=O) groups excluding carboxylic acids is 2. The van der Waals surface area contributed by atoms with Gasteiger partial charge in [0.25, 0.3) is 0 Å². The Balaban J connectivity index is 2.44. The molecule has 264 valence electrons. The van der Waals surface area contributed by atoms with Crippen molar-refractivity contribution < 1.29 is 33.6 Å². The molecular weight excluding hydrogens is 584 g/mol. The van der Waals surface area contributed by atoms with Crippen molar-refractivity contribution in [2.24, 2.45) is 17.3 Å². The van der Waals surface area contributed by atoms with E-state index in [1.807, 2.05) is 66.7 Å². The molecule has 0 bridgehead atoms. The summed E-state index contributed by atoms with van der Waals surface area (Å²) in [6.45, 7) is 22.9. The Morgan fingerprint density at radius 3 is 2.33 bits per heavy atom. The first-order valence-electron chi connectivity index (χ1n) is 17.3. The van der Waals surface area contributed by atoms with Gasteiger partial charge in [-0.25, -0.2) is 4.79 Å². The standard InChI is InChI=1S/C37H64N2O7/c1-13-15-19-36(8,9)33(41)38-24-31-29(39(37(10,11)45-31)34(42)46-35(5,6)7)23-28(25(3)4)32(40)27-18-17-26(14-2)30(22-27)44-21-16-20-43-12/h17-18,22,25,28-29,31-32,40H,13-16,19-21,23-24H2,1-12H3,(H,38,41)/t28-,29-,31?,32?/m0/s1. The molecular formula is C37H64N2O7. The van der Waals surface area contributed by atoms with Crippen LogP contribution in [0.5, 0.6) is 5.75 Å². The lowest BCUT2D eigenvalue weighted by Gasteiger charge is -2.38. The number of carbonyl (C=O) groups is 2. The van der Waals surface area contributed by atoms with Crippen LogP contribution >= 0.6 is 0 Å². The second kappa shape index (κ2) is 17.2. The number of nitrogens with one attached hydrogen (secondary N) is 1. The first kappa shape index (κ1) is 39.8. The molecule has 2 rings (SSSR count). The molecule has 0 spiro atoms. The first-order chi connectivity index (χ1) is 21.4. The number of hydrogen-bond donors (Lipinski definition) is 2. The van der Waals surface area contributed by atoms with E-state index < -0.39 is 41.1 Å². The van der Waals surface area contributed by atoms with Crippen LogP contribution in [-0.4, -0.2) is 72.3 Å². The van der Waals surface area contributed by atoms with Crippen LogP contribution in [-0.2, 0) is 25.4 Å². The van der Waals surface area contributed by atoms with Gasteiger partial charge in [0.1, 0.15) is 17.1 Å². The minimum Gasteiger partial charge on any atom is -0.493 e. The molecule has 1 saturated heterocycles. The highest BCUT2D eigenvalue weighted by Crippen LogP contribution is 2.41. The van der Waals surface area contributed by atoms with Gasteiger partial charge in [-0.1, -0.05) is 66.5 Å². The van der Waals surface area contributed by atoms with Crippen LogP contribution in [0.4, 0.5) is 4.79 Å². The third-order valence-electron chi connectivity index (χ3n) is 8.94. The van der Waals surface area contributed by atoms with Gasteiger partial charge >= 0.3 is 6.09 Å². The average Bonchev–Trinajstić information content (AvgIpc) is 3.22. The van der Waals surface area contributed by atoms with Crippen molar-refractivity contribution in [2.45, 2.75) is 144 Å². The minimum absolute atomic E-state index is 0.0358. The number of aliphatic hydroxyl groups excluding tert-OH is 1. The highest BCUT2D eigenvalue weighted by Gasteiger charge is 2.52. The van der Waals surface area contributed by atoms with Gasteiger partial charge in [-0.2, -0.15) is 0 Å². The summed E-state index contributed by atoms with van der Waals surface area (Å²) in [5, 5.41) is 15.1. The first-order valence-corrected chi connectivity index (χ1v) is 17.3. The van der Waals surface area contributed by atoms with E-state index in [0.29, 0.717) is 19.6 Å². The number of nitrogens with zero attached hydrogens (tertiary/aromatic N) is 1. The Morgan fingerprint density at radius 2 is 1.76 bits per heavy atom. The Morgan fingerprint density at radius 1 is 1.09 bits per heavy atom. The van der Waals surface area contributed by atoms with E-state index in [2.05, 4.69) is 33.0 Å². The van der Waals surface area contributed by atoms with E-state index >= 15 is 0 Å². The van der Waals surface area contributed by atoms with Gasteiger partial charge in [-0.15, -0.1) is 0 Å². The molecule has 2 N–H and O–H groups in total. The number of ether oxygens (including phenoxy) is 4. The van der Waals surface area contributed by atoms with Gasteiger partial charge < -0.3 is 29.4 Å². The number of aryl methyl sites for hydroxylation is 1. The smallest absolute Gasteiger partial charge is 0.412 e. The molecule has 1 aliphatic rings. The zero-order valence-electron chi connectivity index (χ0n) is 30.8. The Bertz CT molecular complexity index is 1110. The van der Waals surface area contributed by atoms with E-state index in [0.717, 1.165) is 49.0 Å². The molecule has 9 heteroatoms. The van der Waals surface area contributed by atoms with Crippen molar-refractivity contribution in [1.29, 1.82) is 0 Å². The molecule has 1 aromatic rings. The maximum Gasteiger partial charge on any atom is 0.412 e. The lowest BCUT2D eigenvalue weighted by molar-refractivity contribution is -0.131. The average molecular weight is 649 g/mol. The fourth-order valence-electron chi connectivity index (χ4n) is 6.20. The zero-order valence-corrected chi connectivity index (χ0v) is 30.8. The lowest BCUT2D eigenvalue weighted by Crippen LogP contribution is -2.52. The van der Waals surface area contributed by atoms with Crippen LogP contribution in [0.3, 0.4) is 0 Å². The quantitative estimate of drug-likeness (QED) is 0.169. The van der Waals surface area contributed by atoms with E-state index in [1.54, 1.807) is 12.0 Å². The van der Waals surface area contributed by atoms with Crippen LogP contribution in [0.2, 0.25) is 0 Å². The Hall–Kier alpha value is -2.36. The van der Waals surface area contributed by atoms with E-state index in [1.165, 1.54) is 0 Å². The Labute approximate surface area is 279 Å². The topological polar surface area (TPSA) is 107 Å². The zero-order chi connectivity index (χ0) is 34.9. The predicted octanol–water partition coefficient (Wildman–Crippen LogP) is 7.43. The lowest BCUT2D eigenvalue weighted by atomic mass is 9.80. The third-order valence-corrected chi connectivity index (χ3v) is 8.94. The molecule has 1 aromatic carbocycles. The highest BCUT2D eigenvalue weighted by molar-refractivity contribution is 5.81. The predicted molar refractivity (Wildman–Crippen MR) is 183 cm³/mol. The molecule has 2 amide bonds. The number of benzene rings is 1. The van der Waals surface area contributed by atoms with E-state index in [4.69, 9.17) is 18.9 Å². The number of unbranched alkanes of at least 4 members (excludes halogenated alkanes) is 1. The summed E-state index contributed by atoms with van der Waals surface area (Å²) in [7, 11) is 1.67. The number of amides is 2. The summed E-state index contributed by atoms with van der Waals surface area (Å²) in [4.78, 5) is 28.7. The second-order valence-corrected chi connectivity index (χ2v) is 15.2. The van der Waals surface area contributed by atoms with Gasteiger partial charge in [-0.05, 0) is 82.9 Å². The SMILES string of the molecule is CCCCC(C)(C)C(=O)NCC1OC(C)(C)N(C(=O)OC(C)(C)C)[C@H]1C[C@@H](C(C)C)C(O)c1ccc(CC)c(OCCCOC)c1. The summed E-state index contributed by atoms with van der Waals surface area (Å²) in [5.74, 6) is 0.566. The maximum absolute atomic E-state index is 13.7. The van der Waals surface area contributed by atoms with Crippen molar-refractivity contribution in [3.05, 3.63) is 29.3 Å². The molecule has 1 heterocycles. The molecule has 1 aliphatic heterocycles. The summed E-state index contributed by atoms with van der Waals surface area (Å²) >= 11 is 0. The van der Waals surface area contributed by atoms with Crippen molar-refractivity contribution in [2.75, 3.05) is 26.9 Å². The van der Waals surface area contributed by atoms with Gasteiger partial charge in [0, 0.05) is 32.1 Å². The monoisotopic (exact) mass is 648 g/mol. The highest BCUT2D eigenvalue weighted by atomic mass is 16.6. The molecule has 0 aromatic heterocycles. The molecule has 4 atom stereocenters. The number of rotatable bonds is 17. The molecule has 9 nitrogen and oxygen atoms in total. The number of methoxy groups -OCH3 is 1. The van der Waals surface area contributed by atoms with Crippen molar-refractivity contribution in [1.82, 2.24) is 10.2 Å². The van der Waals surface area contributed by atoms with Crippen LogP contribution in [0.1, 0.15) is 125 Å². The van der Waals surface area contributed by atoms with Crippen molar-refractivity contribution in [3.63, 3.8) is 0 Å². The molecule has 2 unspecified atom stereocenters. The second-order valence-electron chi connectivity index (χ2n) is 15.2. The van der Waals surface area contributed by atoms with Crippen molar-refractivity contribution >= 4 is 12.0 Å². The molecule has 46 heavy (non-hydrogen) atoms. The molecule has 0 saturated carbocycles. The van der Waals surface area contributed by atoms with Crippen LogP contribution < -0.4 is 10.1 Å².